The van der Waals surface area contributed by atoms with Gasteiger partial charge in [-0.1, -0.05) is 60.7 Å². The number of likely N-dealkylation sites (N-methyl/N-ethyl adjacent to an activating group) is 1. The average molecular weight is 688 g/mol. The third-order valence-electron chi connectivity index (χ3n) is 8.00. The molecular weight excluding hydrogens is 643 g/mol. The first-order valence-corrected chi connectivity index (χ1v) is 17.9. The van der Waals surface area contributed by atoms with E-state index in [0.29, 0.717) is 12.2 Å². The summed E-state index contributed by atoms with van der Waals surface area (Å²) in [5, 5.41) is 17.4. The monoisotopic (exact) mass is 687 g/mol. The molecular formula is C37H45N5O6S. The second-order valence-corrected chi connectivity index (χ2v) is 14.4. The van der Waals surface area contributed by atoms with Crippen molar-refractivity contribution in [1.29, 1.82) is 0 Å². The molecule has 0 unspecified atom stereocenters. The Bertz CT molecular complexity index is 1820. The van der Waals surface area contributed by atoms with Crippen LogP contribution in [0.3, 0.4) is 0 Å². The number of carbonyl (C=O) groups excluding carboxylic acids is 2. The fourth-order valence-corrected chi connectivity index (χ4v) is 5.71. The van der Waals surface area contributed by atoms with Gasteiger partial charge in [0, 0.05) is 37.8 Å². The Kier molecular flexibility index (Phi) is 12.4. The maximum Gasteiger partial charge on any atom is 0.251 e. The molecule has 3 atom stereocenters. The first-order chi connectivity index (χ1) is 23.2. The highest BCUT2D eigenvalue weighted by atomic mass is 32.2. The summed E-state index contributed by atoms with van der Waals surface area (Å²) in [5.74, 6) is -0.459. The van der Waals surface area contributed by atoms with Crippen molar-refractivity contribution in [2.24, 2.45) is 0 Å². The van der Waals surface area contributed by atoms with Crippen LogP contribution in [0.4, 0.5) is 11.4 Å². The molecule has 0 aliphatic heterocycles. The van der Waals surface area contributed by atoms with Crippen LogP contribution in [0.5, 0.6) is 5.75 Å². The normalized spacial score (nSPS) is 13.2. The van der Waals surface area contributed by atoms with Crippen LogP contribution in [0.2, 0.25) is 0 Å². The summed E-state index contributed by atoms with van der Waals surface area (Å²) in [7, 11) is -0.556. The second kappa shape index (κ2) is 16.4. The molecule has 260 valence electrons. The van der Waals surface area contributed by atoms with Gasteiger partial charge in [-0.25, -0.2) is 8.42 Å². The highest BCUT2D eigenvalue weighted by Gasteiger charge is 2.26. The lowest BCUT2D eigenvalue weighted by Crippen LogP contribution is -2.49. The minimum absolute atomic E-state index is 0.0343. The number of hydrogen-bond donors (Lipinski definition) is 3. The summed E-state index contributed by atoms with van der Waals surface area (Å²) < 4.78 is 31.8. The lowest BCUT2D eigenvalue weighted by molar-refractivity contribution is 0.0843. The third-order valence-corrected chi connectivity index (χ3v) is 9.21. The zero-order valence-corrected chi connectivity index (χ0v) is 29.5. The fraction of sp³-hybridized carbons (Fsp3) is 0.324. The molecule has 0 spiro atoms. The number of anilines is 2. The van der Waals surface area contributed by atoms with E-state index >= 15 is 0 Å². The van der Waals surface area contributed by atoms with Crippen LogP contribution in [-0.4, -0.2) is 75.5 Å². The number of carbonyl (C=O) groups is 2. The van der Waals surface area contributed by atoms with Crippen molar-refractivity contribution < 1.29 is 27.9 Å². The Morgan fingerprint density at radius 3 is 2.02 bits per heavy atom. The number of aromatic nitrogens is 1. The lowest BCUT2D eigenvalue weighted by atomic mass is 9.99. The molecule has 4 rings (SSSR count). The van der Waals surface area contributed by atoms with E-state index in [-0.39, 0.29) is 35.5 Å². The molecule has 0 saturated heterocycles. The Morgan fingerprint density at radius 1 is 0.837 bits per heavy atom. The molecule has 1 aromatic heterocycles. The summed E-state index contributed by atoms with van der Waals surface area (Å²) in [6.45, 7) is 5.83. The molecule has 3 N–H and O–H groups in total. The summed E-state index contributed by atoms with van der Waals surface area (Å²) in [6, 6.07) is 23.9. The van der Waals surface area contributed by atoms with E-state index in [9.17, 15) is 23.1 Å². The molecule has 0 radical (unpaired) electrons. The number of pyridine rings is 1. The molecule has 3 aromatic carbocycles. The van der Waals surface area contributed by atoms with E-state index in [1.807, 2.05) is 99.4 Å². The zero-order valence-electron chi connectivity index (χ0n) is 28.7. The van der Waals surface area contributed by atoms with Gasteiger partial charge in [-0.15, -0.1) is 0 Å². The van der Waals surface area contributed by atoms with Crippen molar-refractivity contribution in [1.82, 2.24) is 15.6 Å². The van der Waals surface area contributed by atoms with Crippen LogP contribution in [0.1, 0.15) is 58.7 Å². The second-order valence-electron chi connectivity index (χ2n) is 12.4. The van der Waals surface area contributed by atoms with E-state index in [1.54, 1.807) is 12.4 Å². The number of amides is 2. The number of aliphatic hydroxyl groups excluding tert-OH is 1. The van der Waals surface area contributed by atoms with Crippen molar-refractivity contribution in [2.45, 2.75) is 51.5 Å². The van der Waals surface area contributed by atoms with Gasteiger partial charge in [-0.05, 0) is 56.5 Å². The van der Waals surface area contributed by atoms with E-state index in [1.165, 1.54) is 25.2 Å². The van der Waals surface area contributed by atoms with Crippen LogP contribution in [0.15, 0.2) is 97.3 Å². The highest BCUT2D eigenvalue weighted by molar-refractivity contribution is 7.92. The summed E-state index contributed by atoms with van der Waals surface area (Å²) in [5.41, 5.74) is 2.81. The van der Waals surface area contributed by atoms with Crippen molar-refractivity contribution in [3.05, 3.63) is 120 Å². The van der Waals surface area contributed by atoms with Crippen molar-refractivity contribution in [2.75, 3.05) is 36.1 Å². The van der Waals surface area contributed by atoms with Crippen LogP contribution in [0, 0.1) is 0 Å². The van der Waals surface area contributed by atoms with Gasteiger partial charge in [-0.2, -0.15) is 0 Å². The molecule has 0 fully saturated rings. The lowest BCUT2D eigenvalue weighted by Gasteiger charge is -2.29. The van der Waals surface area contributed by atoms with Crippen molar-refractivity contribution in [3.8, 4) is 5.75 Å². The molecule has 12 heteroatoms. The number of sulfonamides is 1. The van der Waals surface area contributed by atoms with Crippen molar-refractivity contribution >= 4 is 33.2 Å². The van der Waals surface area contributed by atoms with Gasteiger partial charge >= 0.3 is 0 Å². The number of aliphatic hydroxyl groups is 1. The molecule has 0 saturated carbocycles. The molecule has 0 aliphatic rings. The molecule has 11 nitrogen and oxygen atoms in total. The minimum Gasteiger partial charge on any atom is -0.489 e. The summed E-state index contributed by atoms with van der Waals surface area (Å²) >= 11 is 0. The maximum absolute atomic E-state index is 13.9. The molecule has 4 aromatic rings. The topological polar surface area (TPSA) is 141 Å². The Morgan fingerprint density at radius 2 is 1.43 bits per heavy atom. The predicted octanol–water partition coefficient (Wildman–Crippen LogP) is 4.59. The van der Waals surface area contributed by atoms with Crippen LogP contribution < -0.4 is 24.6 Å². The Labute approximate surface area is 289 Å². The standard InChI is InChI=1S/C37H45N5O6S/c1-25(2)48-33-21-32(22-38-23-33)41(4)24-35(43)34(17-27-13-9-7-10-14-27)40-37(45)30-18-29(19-31(20-30)42(5)49(6,46)47)36(44)39-26(3)28-15-11-8-12-16-28/h7-16,18-23,25-26,34-35,43H,17,24H2,1-6H3,(H,39,44)(H,40,45)/t26-,34+,35-/m1/s1. The van der Waals surface area contributed by atoms with Gasteiger partial charge < -0.3 is 25.4 Å². The molecule has 0 bridgehead atoms. The maximum atomic E-state index is 13.9. The van der Waals surface area contributed by atoms with E-state index in [2.05, 4.69) is 15.6 Å². The van der Waals surface area contributed by atoms with Gasteiger partial charge in [0.15, 0.2) is 0 Å². The number of ether oxygens (including phenoxy) is 1. The van der Waals surface area contributed by atoms with E-state index in [0.717, 1.165) is 27.4 Å². The average Bonchev–Trinajstić information content (AvgIpc) is 3.07. The van der Waals surface area contributed by atoms with Crippen LogP contribution >= 0.6 is 0 Å². The van der Waals surface area contributed by atoms with Gasteiger partial charge in [-0.3, -0.25) is 18.9 Å². The zero-order chi connectivity index (χ0) is 35.7. The van der Waals surface area contributed by atoms with Gasteiger partial charge in [0.1, 0.15) is 5.75 Å². The van der Waals surface area contributed by atoms with Crippen LogP contribution in [-0.2, 0) is 16.4 Å². The minimum atomic E-state index is -3.72. The predicted molar refractivity (Wildman–Crippen MR) is 193 cm³/mol. The smallest absolute Gasteiger partial charge is 0.251 e. The first-order valence-electron chi connectivity index (χ1n) is 16.0. The molecule has 2 amide bonds. The quantitative estimate of drug-likeness (QED) is 0.165. The Balaban J connectivity index is 1.62. The van der Waals surface area contributed by atoms with Crippen LogP contribution in [0.25, 0.3) is 0 Å². The van der Waals surface area contributed by atoms with Gasteiger partial charge in [0.05, 0.1) is 54.3 Å². The van der Waals surface area contributed by atoms with Gasteiger partial charge in [0.2, 0.25) is 10.0 Å². The Hall–Kier alpha value is -4.94. The highest BCUT2D eigenvalue weighted by Crippen LogP contribution is 2.24. The third kappa shape index (κ3) is 10.5. The van der Waals surface area contributed by atoms with Gasteiger partial charge in [0.25, 0.3) is 11.8 Å². The number of nitrogens with one attached hydrogen (secondary N) is 2. The number of benzene rings is 3. The first kappa shape index (κ1) is 36.9. The number of rotatable bonds is 15. The van der Waals surface area contributed by atoms with E-state index < -0.39 is 34.0 Å². The number of nitrogens with zero attached hydrogens (tertiary/aromatic N) is 3. The number of hydrogen-bond acceptors (Lipinski definition) is 8. The van der Waals surface area contributed by atoms with Crippen molar-refractivity contribution in [3.63, 3.8) is 0 Å². The molecule has 1 heterocycles. The summed E-state index contributed by atoms with van der Waals surface area (Å²) in [4.78, 5) is 33.5. The SMILES string of the molecule is CC(C)Oc1cncc(N(C)C[C@@H](O)[C@H](Cc2ccccc2)NC(=O)c2cc(C(=O)N[C@H](C)c3ccccc3)cc(N(C)S(C)(=O)=O)c2)c1. The molecule has 0 aliphatic carbocycles. The summed E-state index contributed by atoms with van der Waals surface area (Å²) in [6.07, 6.45) is 3.56. The fourth-order valence-electron chi connectivity index (χ4n) is 5.22. The largest absolute Gasteiger partial charge is 0.489 e. The molecule has 49 heavy (non-hydrogen) atoms. The van der Waals surface area contributed by atoms with E-state index in [4.69, 9.17) is 4.74 Å².